The SMILES string of the molecule is CC(C)N(CCCC[C@H](N)C(=O)O)Cc1cncn1C. The van der Waals surface area contributed by atoms with Crippen LogP contribution in [0.3, 0.4) is 0 Å². The lowest BCUT2D eigenvalue weighted by atomic mass is 10.1. The molecule has 1 atom stereocenters. The summed E-state index contributed by atoms with van der Waals surface area (Å²) in [7, 11) is 1.99. The normalized spacial score (nSPS) is 13.1. The van der Waals surface area contributed by atoms with Crippen molar-refractivity contribution in [3.05, 3.63) is 18.2 Å². The first kappa shape index (κ1) is 16.7. The maximum absolute atomic E-state index is 10.6. The van der Waals surface area contributed by atoms with Crippen molar-refractivity contribution in [1.29, 1.82) is 0 Å². The number of nitrogens with two attached hydrogens (primary N) is 1. The summed E-state index contributed by atoms with van der Waals surface area (Å²) in [6.07, 6.45) is 6.02. The van der Waals surface area contributed by atoms with E-state index in [0.29, 0.717) is 12.5 Å². The Kier molecular flexibility index (Phi) is 6.67. The van der Waals surface area contributed by atoms with Gasteiger partial charge in [-0.25, -0.2) is 4.98 Å². The van der Waals surface area contributed by atoms with Crippen LogP contribution in [0.2, 0.25) is 0 Å². The Bertz CT molecular complexity index is 417. The number of carbonyl (C=O) groups is 1. The molecule has 6 nitrogen and oxygen atoms in total. The fourth-order valence-electron chi connectivity index (χ4n) is 2.07. The number of aromatic nitrogens is 2. The number of hydrogen-bond acceptors (Lipinski definition) is 4. The first-order chi connectivity index (χ1) is 9.41. The second-order valence-corrected chi connectivity index (χ2v) is 5.50. The van der Waals surface area contributed by atoms with Crippen LogP contribution in [0.15, 0.2) is 12.5 Å². The molecule has 0 amide bonds. The van der Waals surface area contributed by atoms with Crippen LogP contribution in [-0.4, -0.2) is 44.2 Å². The van der Waals surface area contributed by atoms with Gasteiger partial charge in [-0.05, 0) is 33.2 Å². The molecule has 1 heterocycles. The fraction of sp³-hybridized carbons (Fsp3) is 0.714. The van der Waals surface area contributed by atoms with Crippen LogP contribution in [0.1, 0.15) is 38.8 Å². The molecule has 6 heteroatoms. The van der Waals surface area contributed by atoms with Gasteiger partial charge in [0.1, 0.15) is 6.04 Å². The number of imidazole rings is 1. The lowest BCUT2D eigenvalue weighted by Crippen LogP contribution is -2.33. The van der Waals surface area contributed by atoms with E-state index in [1.54, 1.807) is 6.33 Å². The number of rotatable bonds is 9. The maximum atomic E-state index is 10.6. The van der Waals surface area contributed by atoms with E-state index in [-0.39, 0.29) is 0 Å². The van der Waals surface area contributed by atoms with Gasteiger partial charge in [0.15, 0.2) is 0 Å². The minimum Gasteiger partial charge on any atom is -0.480 e. The van der Waals surface area contributed by atoms with Crippen molar-refractivity contribution < 1.29 is 9.90 Å². The predicted octanol–water partition coefficient (Wildman–Crippen LogP) is 1.21. The van der Waals surface area contributed by atoms with Gasteiger partial charge >= 0.3 is 5.97 Å². The van der Waals surface area contributed by atoms with Gasteiger partial charge in [-0.1, -0.05) is 6.42 Å². The van der Waals surface area contributed by atoms with Crippen molar-refractivity contribution >= 4 is 5.97 Å². The third-order valence-electron chi connectivity index (χ3n) is 3.54. The van der Waals surface area contributed by atoms with Crippen LogP contribution >= 0.6 is 0 Å². The Labute approximate surface area is 120 Å². The lowest BCUT2D eigenvalue weighted by molar-refractivity contribution is -0.138. The highest BCUT2D eigenvalue weighted by Crippen LogP contribution is 2.10. The first-order valence-corrected chi connectivity index (χ1v) is 7.09. The predicted molar refractivity (Wildman–Crippen MR) is 78.2 cm³/mol. The summed E-state index contributed by atoms with van der Waals surface area (Å²) in [6, 6.07) is -0.294. The zero-order valence-electron chi connectivity index (χ0n) is 12.6. The molecule has 1 aromatic rings. The minimum atomic E-state index is -0.916. The van der Waals surface area contributed by atoms with E-state index in [9.17, 15) is 4.79 Å². The Morgan fingerprint density at radius 2 is 2.20 bits per heavy atom. The molecule has 0 spiro atoms. The Morgan fingerprint density at radius 3 is 2.70 bits per heavy atom. The van der Waals surface area contributed by atoms with Gasteiger partial charge in [0.2, 0.25) is 0 Å². The van der Waals surface area contributed by atoms with Gasteiger partial charge < -0.3 is 15.4 Å². The largest absolute Gasteiger partial charge is 0.480 e. The molecule has 0 unspecified atom stereocenters. The highest BCUT2D eigenvalue weighted by atomic mass is 16.4. The zero-order valence-corrected chi connectivity index (χ0v) is 12.6. The quantitative estimate of drug-likeness (QED) is 0.665. The molecule has 0 radical (unpaired) electrons. The van der Waals surface area contributed by atoms with Crippen molar-refractivity contribution in [3.8, 4) is 0 Å². The van der Waals surface area contributed by atoms with E-state index in [1.165, 1.54) is 5.69 Å². The van der Waals surface area contributed by atoms with Gasteiger partial charge in [-0.15, -0.1) is 0 Å². The van der Waals surface area contributed by atoms with E-state index in [0.717, 1.165) is 25.9 Å². The molecule has 114 valence electrons. The standard InChI is InChI=1S/C14H26N4O2/c1-11(2)18(9-12-8-16-10-17(12)3)7-5-4-6-13(15)14(19)20/h8,10-11,13H,4-7,9,15H2,1-3H3,(H,19,20)/t13-/m0/s1. The van der Waals surface area contributed by atoms with Gasteiger partial charge in [0.25, 0.3) is 0 Å². The third-order valence-corrected chi connectivity index (χ3v) is 3.54. The van der Waals surface area contributed by atoms with Gasteiger partial charge in [0, 0.05) is 25.8 Å². The number of carboxylic acids is 1. The lowest BCUT2D eigenvalue weighted by Gasteiger charge is -2.26. The van der Waals surface area contributed by atoms with Crippen LogP contribution < -0.4 is 5.73 Å². The van der Waals surface area contributed by atoms with Gasteiger partial charge in [-0.3, -0.25) is 9.69 Å². The third kappa shape index (κ3) is 5.30. The van der Waals surface area contributed by atoms with E-state index in [4.69, 9.17) is 10.8 Å². The number of unbranched alkanes of at least 4 members (excludes halogenated alkanes) is 1. The molecule has 0 aliphatic carbocycles. The number of aryl methyl sites for hydroxylation is 1. The molecule has 0 saturated heterocycles. The summed E-state index contributed by atoms with van der Waals surface area (Å²) >= 11 is 0. The molecule has 0 fully saturated rings. The second kappa shape index (κ2) is 8.01. The summed E-state index contributed by atoms with van der Waals surface area (Å²) in [5.74, 6) is -0.916. The number of carboxylic acid groups (broad SMARTS) is 1. The van der Waals surface area contributed by atoms with Crippen molar-refractivity contribution in [2.75, 3.05) is 6.54 Å². The van der Waals surface area contributed by atoms with Crippen LogP contribution in [0.5, 0.6) is 0 Å². The minimum absolute atomic E-state index is 0.443. The van der Waals surface area contributed by atoms with Crippen LogP contribution in [0, 0.1) is 0 Å². The van der Waals surface area contributed by atoms with E-state index >= 15 is 0 Å². The number of aliphatic carboxylic acids is 1. The molecule has 0 bridgehead atoms. The Balaban J connectivity index is 2.37. The summed E-state index contributed by atoms with van der Waals surface area (Å²) in [6.45, 7) is 6.13. The van der Waals surface area contributed by atoms with Crippen LogP contribution in [0.25, 0.3) is 0 Å². The highest BCUT2D eigenvalue weighted by Gasteiger charge is 2.14. The molecule has 1 rings (SSSR count). The molecule has 0 aromatic carbocycles. The first-order valence-electron chi connectivity index (χ1n) is 7.09. The molecule has 0 aliphatic heterocycles. The van der Waals surface area contributed by atoms with E-state index in [1.807, 2.05) is 17.8 Å². The van der Waals surface area contributed by atoms with Crippen molar-refractivity contribution in [3.63, 3.8) is 0 Å². The fourth-order valence-corrected chi connectivity index (χ4v) is 2.07. The van der Waals surface area contributed by atoms with Crippen LogP contribution in [0.4, 0.5) is 0 Å². The van der Waals surface area contributed by atoms with Crippen LogP contribution in [-0.2, 0) is 18.4 Å². The average molecular weight is 282 g/mol. The average Bonchev–Trinajstić information content (AvgIpc) is 2.77. The smallest absolute Gasteiger partial charge is 0.320 e. The zero-order chi connectivity index (χ0) is 15.1. The molecule has 0 saturated carbocycles. The Hall–Kier alpha value is -1.40. The summed E-state index contributed by atoms with van der Waals surface area (Å²) < 4.78 is 2.02. The van der Waals surface area contributed by atoms with Gasteiger partial charge in [-0.2, -0.15) is 0 Å². The number of nitrogens with zero attached hydrogens (tertiary/aromatic N) is 3. The summed E-state index contributed by atoms with van der Waals surface area (Å²) in [5, 5.41) is 8.74. The molecule has 0 aliphatic rings. The van der Waals surface area contributed by atoms with Gasteiger partial charge in [0.05, 0.1) is 12.0 Å². The molecule has 1 aromatic heterocycles. The molecular formula is C14H26N4O2. The van der Waals surface area contributed by atoms with Crippen molar-refractivity contribution in [1.82, 2.24) is 14.5 Å². The van der Waals surface area contributed by atoms with Crippen molar-refractivity contribution in [2.24, 2.45) is 12.8 Å². The summed E-state index contributed by atoms with van der Waals surface area (Å²) in [5.41, 5.74) is 6.68. The highest BCUT2D eigenvalue weighted by molar-refractivity contribution is 5.72. The monoisotopic (exact) mass is 282 g/mol. The topological polar surface area (TPSA) is 84.4 Å². The number of hydrogen-bond donors (Lipinski definition) is 2. The summed E-state index contributed by atoms with van der Waals surface area (Å²) in [4.78, 5) is 17.1. The second-order valence-electron chi connectivity index (χ2n) is 5.50. The van der Waals surface area contributed by atoms with Crippen molar-refractivity contribution in [2.45, 2.75) is 51.7 Å². The van der Waals surface area contributed by atoms with E-state index in [2.05, 4.69) is 23.7 Å². The van der Waals surface area contributed by atoms with E-state index < -0.39 is 12.0 Å². The molecule has 3 N–H and O–H groups in total. The molecule has 20 heavy (non-hydrogen) atoms. The maximum Gasteiger partial charge on any atom is 0.320 e. The Morgan fingerprint density at radius 1 is 1.50 bits per heavy atom. The molecular weight excluding hydrogens is 256 g/mol.